The first-order valence-corrected chi connectivity index (χ1v) is 7.49. The van der Waals surface area contributed by atoms with Crippen molar-refractivity contribution in [3.8, 4) is 0 Å². The van der Waals surface area contributed by atoms with E-state index >= 15 is 0 Å². The van der Waals surface area contributed by atoms with Gasteiger partial charge in [0.05, 0.1) is 4.92 Å². The maximum absolute atomic E-state index is 11.1. The molecular weight excluding hydrogens is 302 g/mol. The van der Waals surface area contributed by atoms with Crippen LogP contribution in [0.1, 0.15) is 13.8 Å². The van der Waals surface area contributed by atoms with Gasteiger partial charge in [0.1, 0.15) is 5.69 Å². The first-order valence-electron chi connectivity index (χ1n) is 7.11. The fraction of sp³-hybridized carbons (Fsp3) is 0.250. The molecule has 0 unspecified atom stereocenters. The second kappa shape index (κ2) is 7.13. The van der Waals surface area contributed by atoms with Gasteiger partial charge in [-0.25, -0.2) is 0 Å². The van der Waals surface area contributed by atoms with Crippen LogP contribution in [0.2, 0.25) is 5.02 Å². The van der Waals surface area contributed by atoms with E-state index in [1.54, 1.807) is 6.07 Å². The highest BCUT2D eigenvalue weighted by Gasteiger charge is 2.14. The Morgan fingerprint density at radius 3 is 2.32 bits per heavy atom. The molecule has 0 heterocycles. The average Bonchev–Trinajstić information content (AvgIpc) is 2.50. The highest BCUT2D eigenvalue weighted by molar-refractivity contribution is 6.31. The summed E-state index contributed by atoms with van der Waals surface area (Å²) in [6, 6.07) is 12.2. The first kappa shape index (κ1) is 16.1. The second-order valence-electron chi connectivity index (χ2n) is 4.76. The standard InChI is InChI=1S/C16H18ClN3O2/c1-3-19(4-2)14-8-6-13(7-9-14)18-15-11-12(17)5-10-16(15)20(21)22/h5-11,18H,3-4H2,1-2H3. The molecule has 1 N–H and O–H groups in total. The average molecular weight is 320 g/mol. The van der Waals surface area contributed by atoms with Gasteiger partial charge in [0.25, 0.3) is 5.69 Å². The van der Waals surface area contributed by atoms with Gasteiger partial charge in [-0.15, -0.1) is 0 Å². The number of anilines is 3. The molecule has 116 valence electrons. The van der Waals surface area contributed by atoms with Gasteiger partial charge in [0.2, 0.25) is 0 Å². The van der Waals surface area contributed by atoms with Gasteiger partial charge >= 0.3 is 0 Å². The lowest BCUT2D eigenvalue weighted by atomic mass is 10.2. The van der Waals surface area contributed by atoms with Crippen LogP contribution in [-0.2, 0) is 0 Å². The van der Waals surface area contributed by atoms with E-state index < -0.39 is 4.92 Å². The number of halogens is 1. The molecule has 0 bridgehead atoms. The third kappa shape index (κ3) is 3.68. The number of nitro benzene ring substituents is 1. The van der Waals surface area contributed by atoms with Gasteiger partial charge in [-0.2, -0.15) is 0 Å². The molecule has 2 rings (SSSR count). The van der Waals surface area contributed by atoms with Crippen LogP contribution < -0.4 is 10.2 Å². The van der Waals surface area contributed by atoms with Crippen LogP contribution in [0.25, 0.3) is 0 Å². The fourth-order valence-corrected chi connectivity index (χ4v) is 2.44. The normalized spacial score (nSPS) is 10.3. The Kier molecular flexibility index (Phi) is 5.22. The summed E-state index contributed by atoms with van der Waals surface area (Å²) in [4.78, 5) is 12.9. The molecule has 2 aromatic rings. The molecular formula is C16H18ClN3O2. The van der Waals surface area contributed by atoms with Crippen LogP contribution in [-0.4, -0.2) is 18.0 Å². The number of nitrogens with one attached hydrogen (secondary N) is 1. The molecule has 0 saturated heterocycles. The van der Waals surface area contributed by atoms with Gasteiger partial charge in [-0.3, -0.25) is 10.1 Å². The summed E-state index contributed by atoms with van der Waals surface area (Å²) in [6.07, 6.45) is 0. The van der Waals surface area contributed by atoms with Crippen molar-refractivity contribution in [1.82, 2.24) is 0 Å². The number of hydrogen-bond donors (Lipinski definition) is 1. The quantitative estimate of drug-likeness (QED) is 0.611. The monoisotopic (exact) mass is 319 g/mol. The van der Waals surface area contributed by atoms with Crippen molar-refractivity contribution in [3.05, 3.63) is 57.6 Å². The zero-order chi connectivity index (χ0) is 16.1. The maximum Gasteiger partial charge on any atom is 0.292 e. The Balaban J connectivity index is 2.24. The van der Waals surface area contributed by atoms with Crippen LogP contribution in [0.5, 0.6) is 0 Å². The Bertz CT molecular complexity index is 655. The third-order valence-corrected chi connectivity index (χ3v) is 3.67. The summed E-state index contributed by atoms with van der Waals surface area (Å²) in [7, 11) is 0. The predicted molar refractivity (Wildman–Crippen MR) is 91.4 cm³/mol. The van der Waals surface area contributed by atoms with Gasteiger partial charge in [-0.1, -0.05) is 11.6 Å². The van der Waals surface area contributed by atoms with Crippen molar-refractivity contribution >= 4 is 34.4 Å². The topological polar surface area (TPSA) is 58.4 Å². The molecule has 0 radical (unpaired) electrons. The maximum atomic E-state index is 11.1. The zero-order valence-electron chi connectivity index (χ0n) is 12.5. The van der Waals surface area contributed by atoms with Crippen LogP contribution in [0, 0.1) is 10.1 Å². The fourth-order valence-electron chi connectivity index (χ4n) is 2.27. The zero-order valence-corrected chi connectivity index (χ0v) is 13.3. The Morgan fingerprint density at radius 2 is 1.77 bits per heavy atom. The molecule has 0 saturated carbocycles. The van der Waals surface area contributed by atoms with Crippen LogP contribution in [0.15, 0.2) is 42.5 Å². The van der Waals surface area contributed by atoms with Crippen molar-refractivity contribution in [3.63, 3.8) is 0 Å². The van der Waals surface area contributed by atoms with E-state index in [0.29, 0.717) is 10.7 Å². The summed E-state index contributed by atoms with van der Waals surface area (Å²) >= 11 is 5.92. The first-order chi connectivity index (χ1) is 10.5. The second-order valence-corrected chi connectivity index (χ2v) is 5.20. The Hall–Kier alpha value is -2.27. The van der Waals surface area contributed by atoms with Crippen LogP contribution in [0.3, 0.4) is 0 Å². The van der Waals surface area contributed by atoms with E-state index in [1.807, 2.05) is 24.3 Å². The molecule has 0 aliphatic heterocycles. The molecule has 2 aromatic carbocycles. The van der Waals surface area contributed by atoms with E-state index in [9.17, 15) is 10.1 Å². The SMILES string of the molecule is CCN(CC)c1ccc(Nc2cc(Cl)ccc2[N+](=O)[O-])cc1. The number of hydrogen-bond acceptors (Lipinski definition) is 4. The smallest absolute Gasteiger partial charge is 0.292 e. The van der Waals surface area contributed by atoms with Crippen molar-refractivity contribution in [2.24, 2.45) is 0 Å². The lowest BCUT2D eigenvalue weighted by Crippen LogP contribution is -2.21. The van der Waals surface area contributed by atoms with Crippen molar-refractivity contribution in [2.75, 3.05) is 23.3 Å². The molecule has 22 heavy (non-hydrogen) atoms. The van der Waals surface area contributed by atoms with Crippen LogP contribution >= 0.6 is 11.6 Å². The highest BCUT2D eigenvalue weighted by Crippen LogP contribution is 2.31. The van der Waals surface area contributed by atoms with E-state index in [-0.39, 0.29) is 5.69 Å². The molecule has 0 aliphatic carbocycles. The Morgan fingerprint density at radius 1 is 1.14 bits per heavy atom. The molecule has 0 amide bonds. The molecule has 0 aliphatic rings. The van der Waals surface area contributed by atoms with E-state index in [1.165, 1.54) is 12.1 Å². The Labute approximate surface area is 134 Å². The molecule has 0 fully saturated rings. The van der Waals surface area contributed by atoms with Gasteiger partial charge in [-0.05, 0) is 50.2 Å². The highest BCUT2D eigenvalue weighted by atomic mass is 35.5. The summed E-state index contributed by atoms with van der Waals surface area (Å²) in [5, 5.41) is 14.6. The molecule has 0 aromatic heterocycles. The minimum absolute atomic E-state index is 0.00257. The number of benzene rings is 2. The van der Waals surface area contributed by atoms with Crippen LogP contribution in [0.4, 0.5) is 22.7 Å². The largest absolute Gasteiger partial charge is 0.372 e. The van der Waals surface area contributed by atoms with Crippen molar-refractivity contribution in [2.45, 2.75) is 13.8 Å². The molecule has 0 spiro atoms. The lowest BCUT2D eigenvalue weighted by molar-refractivity contribution is -0.383. The minimum atomic E-state index is -0.428. The summed E-state index contributed by atoms with van der Waals surface area (Å²) in [6.45, 7) is 6.07. The number of nitrogens with zero attached hydrogens (tertiary/aromatic N) is 2. The van der Waals surface area contributed by atoms with Gasteiger partial charge < -0.3 is 10.2 Å². The van der Waals surface area contributed by atoms with Gasteiger partial charge in [0, 0.05) is 35.6 Å². The van der Waals surface area contributed by atoms with Crippen molar-refractivity contribution < 1.29 is 4.92 Å². The lowest BCUT2D eigenvalue weighted by Gasteiger charge is -2.21. The number of rotatable bonds is 6. The molecule has 6 heteroatoms. The minimum Gasteiger partial charge on any atom is -0.372 e. The third-order valence-electron chi connectivity index (χ3n) is 3.43. The van der Waals surface area contributed by atoms with Gasteiger partial charge in [0.15, 0.2) is 0 Å². The summed E-state index contributed by atoms with van der Waals surface area (Å²) < 4.78 is 0. The van der Waals surface area contributed by atoms with Crippen molar-refractivity contribution in [1.29, 1.82) is 0 Å². The van der Waals surface area contributed by atoms with E-state index in [4.69, 9.17) is 11.6 Å². The van der Waals surface area contributed by atoms with E-state index in [0.717, 1.165) is 24.5 Å². The summed E-state index contributed by atoms with van der Waals surface area (Å²) in [5.74, 6) is 0. The van der Waals surface area contributed by atoms with E-state index in [2.05, 4.69) is 24.1 Å². The molecule has 0 atom stereocenters. The predicted octanol–water partition coefficient (Wildman–Crippen LogP) is 4.84. The number of nitro groups is 1. The summed E-state index contributed by atoms with van der Waals surface area (Å²) in [5.41, 5.74) is 2.28. The molecule has 5 nitrogen and oxygen atoms in total.